The highest BCUT2D eigenvalue weighted by Gasteiger charge is 2.03. The number of methoxy groups -OCH3 is 1. The standard InChI is InChI=1S/C17H17FO3/c1-20-17(19)11-8-13-6-9-15(10-7-13)21-12-14-4-2-3-5-16(14)18/h2-7,9-10H,8,11-12H2,1H3. The van der Waals surface area contributed by atoms with E-state index in [0.29, 0.717) is 24.2 Å². The lowest BCUT2D eigenvalue weighted by Crippen LogP contribution is -2.02. The Morgan fingerprint density at radius 3 is 2.48 bits per heavy atom. The van der Waals surface area contributed by atoms with Gasteiger partial charge in [0, 0.05) is 12.0 Å². The molecule has 0 saturated heterocycles. The lowest BCUT2D eigenvalue weighted by atomic mass is 10.1. The van der Waals surface area contributed by atoms with Crippen LogP contribution in [0.4, 0.5) is 4.39 Å². The van der Waals surface area contributed by atoms with E-state index in [1.165, 1.54) is 13.2 Å². The summed E-state index contributed by atoms with van der Waals surface area (Å²) in [6.45, 7) is 0.189. The number of rotatable bonds is 6. The fourth-order valence-electron chi connectivity index (χ4n) is 1.88. The van der Waals surface area contributed by atoms with Crippen LogP contribution in [0.1, 0.15) is 17.5 Å². The third-order valence-corrected chi connectivity index (χ3v) is 3.12. The van der Waals surface area contributed by atoms with Gasteiger partial charge in [-0.1, -0.05) is 30.3 Å². The molecule has 0 spiro atoms. The topological polar surface area (TPSA) is 35.5 Å². The summed E-state index contributed by atoms with van der Waals surface area (Å²) in [5.74, 6) is 0.169. The Labute approximate surface area is 123 Å². The average Bonchev–Trinajstić information content (AvgIpc) is 2.53. The fraction of sp³-hybridized carbons (Fsp3) is 0.235. The predicted molar refractivity (Wildman–Crippen MR) is 77.5 cm³/mol. The van der Waals surface area contributed by atoms with Crippen LogP contribution in [0.15, 0.2) is 48.5 Å². The third-order valence-electron chi connectivity index (χ3n) is 3.12. The van der Waals surface area contributed by atoms with Gasteiger partial charge in [0.2, 0.25) is 0 Å². The van der Waals surface area contributed by atoms with Gasteiger partial charge in [0.1, 0.15) is 18.2 Å². The van der Waals surface area contributed by atoms with Crippen molar-refractivity contribution < 1.29 is 18.7 Å². The molecule has 0 aliphatic rings. The summed E-state index contributed by atoms with van der Waals surface area (Å²) in [5, 5.41) is 0. The van der Waals surface area contributed by atoms with Crippen LogP contribution < -0.4 is 4.74 Å². The molecule has 2 aromatic rings. The number of benzene rings is 2. The first-order valence-electron chi connectivity index (χ1n) is 6.71. The summed E-state index contributed by atoms with van der Waals surface area (Å²) >= 11 is 0. The van der Waals surface area contributed by atoms with Crippen LogP contribution in [-0.4, -0.2) is 13.1 Å². The van der Waals surface area contributed by atoms with Gasteiger partial charge in [-0.05, 0) is 30.2 Å². The molecule has 4 heteroatoms. The Bertz CT molecular complexity index is 593. The van der Waals surface area contributed by atoms with Crippen molar-refractivity contribution in [3.63, 3.8) is 0 Å². The van der Waals surface area contributed by atoms with Crippen LogP contribution in [0.25, 0.3) is 0 Å². The lowest BCUT2D eigenvalue weighted by molar-refractivity contribution is -0.140. The van der Waals surface area contributed by atoms with Crippen molar-refractivity contribution in [2.24, 2.45) is 0 Å². The van der Waals surface area contributed by atoms with Gasteiger partial charge in [-0.25, -0.2) is 4.39 Å². The first-order valence-corrected chi connectivity index (χ1v) is 6.71. The van der Waals surface area contributed by atoms with Crippen molar-refractivity contribution >= 4 is 5.97 Å². The minimum Gasteiger partial charge on any atom is -0.489 e. The number of hydrogen-bond acceptors (Lipinski definition) is 3. The molecular formula is C17H17FO3. The molecule has 3 nitrogen and oxygen atoms in total. The molecule has 0 fully saturated rings. The van der Waals surface area contributed by atoms with Crippen molar-refractivity contribution in [3.8, 4) is 5.75 Å². The van der Waals surface area contributed by atoms with Crippen molar-refractivity contribution in [3.05, 3.63) is 65.5 Å². The van der Waals surface area contributed by atoms with E-state index >= 15 is 0 Å². The molecule has 2 aromatic carbocycles. The summed E-state index contributed by atoms with van der Waals surface area (Å²) in [5.41, 5.74) is 1.55. The van der Waals surface area contributed by atoms with E-state index in [1.807, 2.05) is 24.3 Å². The summed E-state index contributed by atoms with van der Waals surface area (Å²) in [7, 11) is 1.38. The molecule has 0 heterocycles. The molecule has 21 heavy (non-hydrogen) atoms. The SMILES string of the molecule is COC(=O)CCc1ccc(OCc2ccccc2F)cc1. The number of carbonyl (C=O) groups excluding carboxylic acids is 1. The zero-order valence-corrected chi connectivity index (χ0v) is 11.8. The molecule has 0 unspecified atom stereocenters. The maximum Gasteiger partial charge on any atom is 0.305 e. The van der Waals surface area contributed by atoms with Gasteiger partial charge in [0.15, 0.2) is 0 Å². The van der Waals surface area contributed by atoms with Gasteiger partial charge in [-0.3, -0.25) is 4.79 Å². The molecule has 2 rings (SSSR count). The summed E-state index contributed by atoms with van der Waals surface area (Å²) < 4.78 is 23.6. The fourth-order valence-corrected chi connectivity index (χ4v) is 1.88. The summed E-state index contributed by atoms with van der Waals surface area (Å²) in [4.78, 5) is 11.1. The first kappa shape index (κ1) is 15.0. The van der Waals surface area contributed by atoms with Gasteiger partial charge in [0.05, 0.1) is 7.11 Å². The number of ether oxygens (including phenoxy) is 2. The van der Waals surface area contributed by atoms with E-state index < -0.39 is 0 Å². The van der Waals surface area contributed by atoms with Crippen LogP contribution in [0.2, 0.25) is 0 Å². The average molecular weight is 288 g/mol. The predicted octanol–water partition coefficient (Wildman–Crippen LogP) is 3.51. The molecule has 0 radical (unpaired) electrons. The molecule has 0 bridgehead atoms. The molecule has 0 aliphatic carbocycles. The Hall–Kier alpha value is -2.36. The highest BCUT2D eigenvalue weighted by Crippen LogP contribution is 2.16. The van der Waals surface area contributed by atoms with Gasteiger partial charge in [-0.2, -0.15) is 0 Å². The van der Waals surface area contributed by atoms with Crippen molar-refractivity contribution in [1.29, 1.82) is 0 Å². The number of hydrogen-bond donors (Lipinski definition) is 0. The van der Waals surface area contributed by atoms with E-state index in [0.717, 1.165) is 5.56 Å². The van der Waals surface area contributed by atoms with Gasteiger partial charge >= 0.3 is 5.97 Å². The number of carbonyl (C=O) groups is 1. The van der Waals surface area contributed by atoms with Crippen molar-refractivity contribution in [2.45, 2.75) is 19.4 Å². The molecule has 110 valence electrons. The van der Waals surface area contributed by atoms with Crippen LogP contribution in [0.3, 0.4) is 0 Å². The number of aryl methyl sites for hydroxylation is 1. The van der Waals surface area contributed by atoms with Gasteiger partial charge < -0.3 is 9.47 Å². The van der Waals surface area contributed by atoms with Crippen LogP contribution in [0.5, 0.6) is 5.75 Å². The lowest BCUT2D eigenvalue weighted by Gasteiger charge is -2.08. The first-order chi connectivity index (χ1) is 10.2. The Morgan fingerprint density at radius 2 is 1.81 bits per heavy atom. The Morgan fingerprint density at radius 1 is 1.10 bits per heavy atom. The molecule has 0 amide bonds. The largest absolute Gasteiger partial charge is 0.489 e. The summed E-state index contributed by atoms with van der Waals surface area (Å²) in [6, 6.07) is 13.9. The quantitative estimate of drug-likeness (QED) is 0.763. The van der Waals surface area contributed by atoms with E-state index in [1.54, 1.807) is 18.2 Å². The molecule has 0 N–H and O–H groups in total. The van der Waals surface area contributed by atoms with Crippen molar-refractivity contribution in [1.82, 2.24) is 0 Å². The third kappa shape index (κ3) is 4.60. The normalized spacial score (nSPS) is 10.2. The second-order valence-corrected chi connectivity index (χ2v) is 4.60. The molecule has 0 aliphatic heterocycles. The zero-order chi connectivity index (χ0) is 15.1. The monoisotopic (exact) mass is 288 g/mol. The maximum absolute atomic E-state index is 13.4. The summed E-state index contributed by atoms with van der Waals surface area (Å²) in [6.07, 6.45) is 0.978. The van der Waals surface area contributed by atoms with Crippen LogP contribution >= 0.6 is 0 Å². The Kier molecular flexibility index (Phi) is 5.32. The van der Waals surface area contributed by atoms with E-state index in [2.05, 4.69) is 4.74 Å². The number of esters is 1. The molecular weight excluding hydrogens is 271 g/mol. The Balaban J connectivity index is 1.88. The second-order valence-electron chi connectivity index (χ2n) is 4.60. The van der Waals surface area contributed by atoms with Gasteiger partial charge in [0.25, 0.3) is 0 Å². The van der Waals surface area contributed by atoms with Gasteiger partial charge in [-0.15, -0.1) is 0 Å². The zero-order valence-electron chi connectivity index (χ0n) is 11.8. The van der Waals surface area contributed by atoms with E-state index in [4.69, 9.17) is 4.74 Å². The highest BCUT2D eigenvalue weighted by molar-refractivity contribution is 5.69. The van der Waals surface area contributed by atoms with E-state index in [9.17, 15) is 9.18 Å². The van der Waals surface area contributed by atoms with Crippen LogP contribution in [-0.2, 0) is 22.6 Å². The minimum absolute atomic E-state index is 0.189. The van der Waals surface area contributed by atoms with Crippen LogP contribution in [0, 0.1) is 5.82 Å². The molecule has 0 aromatic heterocycles. The number of halogens is 1. The molecule has 0 saturated carbocycles. The smallest absolute Gasteiger partial charge is 0.305 e. The second kappa shape index (κ2) is 7.43. The van der Waals surface area contributed by atoms with E-state index in [-0.39, 0.29) is 18.4 Å². The van der Waals surface area contributed by atoms with Crippen molar-refractivity contribution in [2.75, 3.05) is 7.11 Å². The molecule has 0 atom stereocenters. The minimum atomic E-state index is -0.271. The highest BCUT2D eigenvalue weighted by atomic mass is 19.1. The maximum atomic E-state index is 13.4.